The van der Waals surface area contributed by atoms with Crippen molar-refractivity contribution >= 4 is 52.1 Å². The van der Waals surface area contributed by atoms with E-state index in [1.165, 1.54) is 17.3 Å². The molecule has 31 heavy (non-hydrogen) atoms. The molecule has 2 aromatic heterocycles. The van der Waals surface area contributed by atoms with Crippen molar-refractivity contribution in [2.75, 3.05) is 42.9 Å². The Hall–Kier alpha value is -1.76. The standard InChI is InChI=1S/C20H27F3N6S.HI/c1-2-24-19(28-15-7-12-29(13-8-15)17-6-4-14-30-17)27-11-10-26-18-16(20(21,22)23)5-3-9-25-18;/h3-6,9,14-15H,2,7-8,10-13H2,1H3,(H,25,26)(H2,24,27,28);1H. The number of thiophene rings is 1. The second-order valence-electron chi connectivity index (χ2n) is 6.94. The number of aliphatic imine (C=N–C) groups is 1. The van der Waals surface area contributed by atoms with Crippen LogP contribution < -0.4 is 20.9 Å². The Labute approximate surface area is 201 Å². The minimum atomic E-state index is -4.44. The number of halogens is 4. The van der Waals surface area contributed by atoms with Crippen LogP contribution in [0.25, 0.3) is 0 Å². The number of piperidine rings is 1. The maximum absolute atomic E-state index is 13.0. The van der Waals surface area contributed by atoms with E-state index in [0.717, 1.165) is 32.0 Å². The lowest BCUT2D eigenvalue weighted by molar-refractivity contribution is -0.137. The number of rotatable bonds is 7. The van der Waals surface area contributed by atoms with Crippen molar-refractivity contribution in [2.45, 2.75) is 32.0 Å². The molecule has 0 radical (unpaired) electrons. The highest BCUT2D eigenvalue weighted by molar-refractivity contribution is 14.0. The molecule has 6 nitrogen and oxygen atoms in total. The maximum Gasteiger partial charge on any atom is 0.419 e. The zero-order valence-corrected chi connectivity index (χ0v) is 20.4. The van der Waals surface area contributed by atoms with Crippen LogP contribution >= 0.6 is 35.3 Å². The van der Waals surface area contributed by atoms with Gasteiger partial charge >= 0.3 is 6.18 Å². The van der Waals surface area contributed by atoms with Gasteiger partial charge in [0, 0.05) is 38.4 Å². The highest BCUT2D eigenvalue weighted by Gasteiger charge is 2.33. The third-order valence-corrected chi connectivity index (χ3v) is 5.71. The van der Waals surface area contributed by atoms with Gasteiger partial charge in [-0.3, -0.25) is 4.99 Å². The summed E-state index contributed by atoms with van der Waals surface area (Å²) in [6, 6.07) is 6.83. The van der Waals surface area contributed by atoms with Gasteiger partial charge in [0.25, 0.3) is 0 Å². The molecular formula is C20H28F3IN6S. The molecule has 1 aliphatic rings. The summed E-state index contributed by atoms with van der Waals surface area (Å²) >= 11 is 1.75. The predicted molar refractivity (Wildman–Crippen MR) is 132 cm³/mol. The zero-order valence-electron chi connectivity index (χ0n) is 17.3. The molecule has 3 rings (SSSR count). The largest absolute Gasteiger partial charge is 0.419 e. The molecular weight excluding hydrogens is 540 g/mol. The van der Waals surface area contributed by atoms with Crippen molar-refractivity contribution in [3.8, 4) is 0 Å². The van der Waals surface area contributed by atoms with E-state index >= 15 is 0 Å². The topological polar surface area (TPSA) is 64.6 Å². The van der Waals surface area contributed by atoms with Gasteiger partial charge in [0.1, 0.15) is 5.82 Å². The Morgan fingerprint density at radius 1 is 1.26 bits per heavy atom. The van der Waals surface area contributed by atoms with Crippen molar-refractivity contribution < 1.29 is 13.2 Å². The third kappa shape index (κ3) is 7.70. The number of hydrogen-bond acceptors (Lipinski definition) is 5. The van der Waals surface area contributed by atoms with E-state index in [1.54, 1.807) is 11.3 Å². The Kier molecular flexibility index (Phi) is 10.1. The zero-order chi connectivity index (χ0) is 21.4. The summed E-state index contributed by atoms with van der Waals surface area (Å²) in [7, 11) is 0. The summed E-state index contributed by atoms with van der Waals surface area (Å²) < 4.78 is 39.1. The second kappa shape index (κ2) is 12.3. The van der Waals surface area contributed by atoms with Gasteiger partial charge in [-0.05, 0) is 49.4 Å². The quantitative estimate of drug-likeness (QED) is 0.200. The number of pyridine rings is 1. The van der Waals surface area contributed by atoms with E-state index in [4.69, 9.17) is 0 Å². The molecule has 0 aromatic carbocycles. The number of hydrogen-bond donors (Lipinski definition) is 3. The van der Waals surface area contributed by atoms with E-state index in [1.807, 2.05) is 6.92 Å². The molecule has 2 aromatic rings. The van der Waals surface area contributed by atoms with Crippen LogP contribution in [0, 0.1) is 0 Å². The Bertz CT molecular complexity index is 807. The minimum Gasteiger partial charge on any atom is -0.368 e. The van der Waals surface area contributed by atoms with E-state index in [0.29, 0.717) is 25.1 Å². The van der Waals surface area contributed by atoms with Gasteiger partial charge in [-0.15, -0.1) is 35.3 Å². The molecule has 3 heterocycles. The third-order valence-electron chi connectivity index (χ3n) is 4.79. The fourth-order valence-corrected chi connectivity index (χ4v) is 4.11. The van der Waals surface area contributed by atoms with Gasteiger partial charge in [-0.25, -0.2) is 4.98 Å². The molecule has 0 spiro atoms. The number of alkyl halides is 3. The van der Waals surface area contributed by atoms with E-state index in [-0.39, 0.29) is 36.3 Å². The summed E-state index contributed by atoms with van der Waals surface area (Å²) in [4.78, 5) is 10.7. The molecule has 11 heteroatoms. The molecule has 0 aliphatic carbocycles. The van der Waals surface area contributed by atoms with Crippen molar-refractivity contribution in [1.82, 2.24) is 15.6 Å². The SMILES string of the molecule is CCNC(=NCCNc1ncccc1C(F)(F)F)NC1CCN(c2cccs2)CC1.I. The summed E-state index contributed by atoms with van der Waals surface area (Å²) in [6.45, 7) is 5.26. The Morgan fingerprint density at radius 3 is 2.68 bits per heavy atom. The van der Waals surface area contributed by atoms with Crippen LogP contribution in [0.2, 0.25) is 0 Å². The molecule has 0 bridgehead atoms. The number of anilines is 2. The van der Waals surface area contributed by atoms with Crippen molar-refractivity contribution in [2.24, 2.45) is 4.99 Å². The summed E-state index contributed by atoms with van der Waals surface area (Å²) in [5.74, 6) is 0.519. The summed E-state index contributed by atoms with van der Waals surface area (Å²) in [5, 5.41) is 12.8. The first-order valence-corrected chi connectivity index (χ1v) is 10.9. The highest BCUT2D eigenvalue weighted by Crippen LogP contribution is 2.33. The molecule has 0 atom stereocenters. The summed E-state index contributed by atoms with van der Waals surface area (Å²) in [6.07, 6.45) is -1.09. The van der Waals surface area contributed by atoms with Crippen LogP contribution in [0.4, 0.5) is 24.0 Å². The lowest BCUT2D eigenvalue weighted by atomic mass is 10.1. The molecule has 172 valence electrons. The monoisotopic (exact) mass is 568 g/mol. The number of nitrogens with one attached hydrogen (secondary N) is 3. The molecule has 0 unspecified atom stereocenters. The van der Waals surface area contributed by atoms with Crippen LogP contribution in [0.15, 0.2) is 40.8 Å². The van der Waals surface area contributed by atoms with E-state index < -0.39 is 11.7 Å². The molecule has 0 saturated carbocycles. The van der Waals surface area contributed by atoms with Crippen LogP contribution in [0.5, 0.6) is 0 Å². The first-order valence-electron chi connectivity index (χ1n) is 10.1. The van der Waals surface area contributed by atoms with Gasteiger partial charge in [0.15, 0.2) is 5.96 Å². The van der Waals surface area contributed by atoms with Crippen molar-refractivity contribution in [3.63, 3.8) is 0 Å². The van der Waals surface area contributed by atoms with Crippen LogP contribution in [-0.2, 0) is 6.18 Å². The van der Waals surface area contributed by atoms with Gasteiger partial charge in [-0.1, -0.05) is 0 Å². The second-order valence-corrected chi connectivity index (χ2v) is 7.87. The molecule has 1 aliphatic heterocycles. The molecule has 3 N–H and O–H groups in total. The number of aromatic nitrogens is 1. The van der Waals surface area contributed by atoms with E-state index in [2.05, 4.69) is 48.3 Å². The average molecular weight is 568 g/mol. The summed E-state index contributed by atoms with van der Waals surface area (Å²) in [5.41, 5.74) is -0.767. The fraction of sp³-hybridized carbons (Fsp3) is 0.500. The van der Waals surface area contributed by atoms with Crippen LogP contribution in [0.3, 0.4) is 0 Å². The highest BCUT2D eigenvalue weighted by atomic mass is 127. The lowest BCUT2D eigenvalue weighted by Crippen LogP contribution is -2.48. The van der Waals surface area contributed by atoms with Crippen molar-refractivity contribution in [3.05, 3.63) is 41.4 Å². The lowest BCUT2D eigenvalue weighted by Gasteiger charge is -2.33. The fourth-order valence-electron chi connectivity index (χ4n) is 3.32. The first kappa shape index (κ1) is 25.5. The Morgan fingerprint density at radius 2 is 2.03 bits per heavy atom. The number of guanidine groups is 1. The maximum atomic E-state index is 13.0. The minimum absolute atomic E-state index is 0. The van der Waals surface area contributed by atoms with Gasteiger partial charge in [0.05, 0.1) is 17.1 Å². The molecule has 0 amide bonds. The van der Waals surface area contributed by atoms with Crippen LogP contribution in [-0.4, -0.2) is 49.7 Å². The first-order chi connectivity index (χ1) is 14.5. The van der Waals surface area contributed by atoms with E-state index in [9.17, 15) is 13.2 Å². The normalized spacial score (nSPS) is 15.4. The molecule has 1 saturated heterocycles. The Balaban J connectivity index is 0.00000341. The predicted octanol–water partition coefficient (Wildman–Crippen LogP) is 4.42. The smallest absolute Gasteiger partial charge is 0.368 e. The van der Waals surface area contributed by atoms with Gasteiger partial charge in [-0.2, -0.15) is 13.2 Å². The van der Waals surface area contributed by atoms with Crippen LogP contribution in [0.1, 0.15) is 25.3 Å². The van der Waals surface area contributed by atoms with Crippen molar-refractivity contribution in [1.29, 1.82) is 0 Å². The number of nitrogens with zero attached hydrogens (tertiary/aromatic N) is 3. The van der Waals surface area contributed by atoms with Gasteiger partial charge in [0.2, 0.25) is 0 Å². The molecule has 1 fully saturated rings. The van der Waals surface area contributed by atoms with Gasteiger partial charge < -0.3 is 20.9 Å². The average Bonchev–Trinajstić information content (AvgIpc) is 3.26.